The number of hydrogen-bond acceptors (Lipinski definition) is 4. The Bertz CT molecular complexity index is 698. The number of aromatic nitrogens is 2. The molecule has 1 N–H and O–H groups in total. The molecule has 2 saturated heterocycles. The summed E-state index contributed by atoms with van der Waals surface area (Å²) in [4.78, 5) is 24.6. The maximum atomic E-state index is 12.8. The number of hydrogen-bond donors (Lipinski definition) is 1. The summed E-state index contributed by atoms with van der Waals surface area (Å²) in [6.45, 7) is 3.85. The highest BCUT2D eigenvalue weighted by Gasteiger charge is 2.33. The summed E-state index contributed by atoms with van der Waals surface area (Å²) < 4.78 is 5.71. The maximum Gasteiger partial charge on any atom is 0.272 e. The molecule has 2 aromatic heterocycles. The van der Waals surface area contributed by atoms with Crippen molar-refractivity contribution in [2.45, 2.75) is 6.04 Å². The predicted molar refractivity (Wildman–Crippen MR) is 82.7 cm³/mol. The highest BCUT2D eigenvalue weighted by atomic mass is 16.5. The van der Waals surface area contributed by atoms with Gasteiger partial charge < -0.3 is 14.6 Å². The Morgan fingerprint density at radius 3 is 3.09 bits per heavy atom. The van der Waals surface area contributed by atoms with E-state index in [4.69, 9.17) is 4.74 Å². The van der Waals surface area contributed by atoms with Gasteiger partial charge in [0, 0.05) is 37.1 Å². The molecule has 0 spiro atoms. The van der Waals surface area contributed by atoms with E-state index < -0.39 is 0 Å². The van der Waals surface area contributed by atoms with Crippen molar-refractivity contribution in [3.05, 3.63) is 30.1 Å². The van der Waals surface area contributed by atoms with E-state index in [0.717, 1.165) is 30.7 Å². The first kappa shape index (κ1) is 13.7. The third-order valence-corrected chi connectivity index (χ3v) is 4.66. The van der Waals surface area contributed by atoms with E-state index in [1.165, 1.54) is 0 Å². The van der Waals surface area contributed by atoms with Crippen LogP contribution in [0.1, 0.15) is 10.5 Å². The molecule has 6 heteroatoms. The summed E-state index contributed by atoms with van der Waals surface area (Å²) in [5.41, 5.74) is 1.28. The SMILES string of the molecule is CN1C[C@H]2COC[C@@H]1CN(C(=O)c1ccc3cc[nH]c3n1)C2. The fourth-order valence-electron chi connectivity index (χ4n) is 3.43. The average Bonchev–Trinajstić information content (AvgIpc) is 2.82. The molecule has 0 aliphatic carbocycles. The van der Waals surface area contributed by atoms with Crippen molar-refractivity contribution < 1.29 is 9.53 Å². The summed E-state index contributed by atoms with van der Waals surface area (Å²) in [5.74, 6) is 0.388. The third kappa shape index (κ3) is 2.38. The number of carbonyl (C=O) groups excluding carboxylic acids is 1. The molecule has 2 fully saturated rings. The number of rotatable bonds is 1. The fourth-order valence-corrected chi connectivity index (χ4v) is 3.43. The van der Waals surface area contributed by atoms with Crippen molar-refractivity contribution in [2.75, 3.05) is 39.9 Å². The lowest BCUT2D eigenvalue weighted by Crippen LogP contribution is -2.44. The van der Waals surface area contributed by atoms with Crippen molar-refractivity contribution in [2.24, 2.45) is 5.92 Å². The average molecular weight is 300 g/mol. The van der Waals surface area contributed by atoms with Crippen LogP contribution in [-0.4, -0.2) is 71.6 Å². The highest BCUT2D eigenvalue weighted by Crippen LogP contribution is 2.20. The molecule has 2 aliphatic heterocycles. The van der Waals surface area contributed by atoms with Gasteiger partial charge >= 0.3 is 0 Å². The molecular weight excluding hydrogens is 280 g/mol. The molecule has 0 aromatic carbocycles. The first-order chi connectivity index (χ1) is 10.7. The molecule has 1 amide bonds. The van der Waals surface area contributed by atoms with Crippen LogP contribution >= 0.6 is 0 Å². The lowest BCUT2D eigenvalue weighted by Gasteiger charge is -2.29. The molecule has 0 unspecified atom stereocenters. The minimum absolute atomic E-state index is 0.0173. The highest BCUT2D eigenvalue weighted by molar-refractivity contribution is 5.94. The molecule has 6 nitrogen and oxygen atoms in total. The zero-order valence-corrected chi connectivity index (χ0v) is 12.7. The smallest absolute Gasteiger partial charge is 0.272 e. The number of aromatic amines is 1. The monoisotopic (exact) mass is 300 g/mol. The number of fused-ring (bicyclic) bond motifs is 4. The summed E-state index contributed by atoms with van der Waals surface area (Å²) in [7, 11) is 2.11. The van der Waals surface area contributed by atoms with Gasteiger partial charge in [0.25, 0.3) is 5.91 Å². The van der Waals surface area contributed by atoms with Gasteiger partial charge in [-0.05, 0) is 25.2 Å². The zero-order valence-electron chi connectivity index (χ0n) is 12.7. The lowest BCUT2D eigenvalue weighted by molar-refractivity contribution is 0.0430. The molecule has 4 heterocycles. The quantitative estimate of drug-likeness (QED) is 0.852. The van der Waals surface area contributed by atoms with Gasteiger partial charge in [0.1, 0.15) is 11.3 Å². The van der Waals surface area contributed by atoms with E-state index in [2.05, 4.69) is 21.9 Å². The second-order valence-electron chi connectivity index (χ2n) is 6.32. The number of nitrogens with one attached hydrogen (secondary N) is 1. The molecule has 2 aromatic rings. The lowest BCUT2D eigenvalue weighted by atomic mass is 10.1. The van der Waals surface area contributed by atoms with Crippen molar-refractivity contribution in [1.82, 2.24) is 19.8 Å². The van der Waals surface area contributed by atoms with Crippen LogP contribution in [-0.2, 0) is 4.74 Å². The van der Waals surface area contributed by atoms with Gasteiger partial charge in [-0.1, -0.05) is 0 Å². The molecule has 0 saturated carbocycles. The van der Waals surface area contributed by atoms with Crippen LogP contribution < -0.4 is 0 Å². The number of pyridine rings is 1. The number of carbonyl (C=O) groups is 1. The Morgan fingerprint density at radius 2 is 2.18 bits per heavy atom. The Labute approximate surface area is 129 Å². The molecule has 22 heavy (non-hydrogen) atoms. The standard InChI is InChI=1S/C16H20N4O2/c1-19-6-11-7-20(8-13(19)10-22-9-11)16(21)14-3-2-12-4-5-17-15(12)18-14/h2-5,11,13H,6-10H2,1H3,(H,17,18)/t11-,13+/m1/s1. The van der Waals surface area contributed by atoms with E-state index in [1.54, 1.807) is 0 Å². The van der Waals surface area contributed by atoms with E-state index in [0.29, 0.717) is 24.8 Å². The van der Waals surface area contributed by atoms with Crippen LogP contribution in [0.2, 0.25) is 0 Å². The third-order valence-electron chi connectivity index (χ3n) is 4.66. The van der Waals surface area contributed by atoms with E-state index in [9.17, 15) is 4.79 Å². The van der Waals surface area contributed by atoms with Gasteiger partial charge in [0.15, 0.2) is 0 Å². The van der Waals surface area contributed by atoms with Crippen LogP contribution in [0.25, 0.3) is 11.0 Å². The van der Waals surface area contributed by atoms with Gasteiger partial charge in [0.05, 0.1) is 19.3 Å². The second-order valence-corrected chi connectivity index (χ2v) is 6.32. The summed E-state index contributed by atoms with van der Waals surface area (Å²) in [5, 5.41) is 1.03. The Hall–Kier alpha value is -1.92. The van der Waals surface area contributed by atoms with Gasteiger partial charge in [-0.2, -0.15) is 0 Å². The molecule has 116 valence electrons. The van der Waals surface area contributed by atoms with E-state index in [1.807, 2.05) is 29.3 Å². The first-order valence-electron chi connectivity index (χ1n) is 7.72. The topological polar surface area (TPSA) is 61.5 Å². The molecule has 2 bridgehead atoms. The maximum absolute atomic E-state index is 12.8. The number of likely N-dealkylation sites (N-methyl/N-ethyl adjacent to an activating group) is 1. The second kappa shape index (κ2) is 5.37. The van der Waals surface area contributed by atoms with Crippen molar-refractivity contribution in [3.63, 3.8) is 0 Å². The molecular formula is C16H20N4O2. The van der Waals surface area contributed by atoms with Crippen LogP contribution in [0.4, 0.5) is 0 Å². The van der Waals surface area contributed by atoms with E-state index in [-0.39, 0.29) is 11.9 Å². The summed E-state index contributed by atoms with van der Waals surface area (Å²) in [6.07, 6.45) is 1.84. The number of H-pyrrole nitrogens is 1. The van der Waals surface area contributed by atoms with Gasteiger partial charge in [-0.25, -0.2) is 4.98 Å². The largest absolute Gasteiger partial charge is 0.379 e. The Kier molecular flexibility index (Phi) is 3.35. The summed E-state index contributed by atoms with van der Waals surface area (Å²) >= 11 is 0. The number of ether oxygens (including phenoxy) is 1. The first-order valence-corrected chi connectivity index (χ1v) is 7.72. The van der Waals surface area contributed by atoms with Crippen LogP contribution in [0, 0.1) is 5.92 Å². The zero-order chi connectivity index (χ0) is 15.1. The minimum Gasteiger partial charge on any atom is -0.379 e. The van der Waals surface area contributed by atoms with Gasteiger partial charge in [0.2, 0.25) is 0 Å². The minimum atomic E-state index is 0.0173. The Morgan fingerprint density at radius 1 is 1.27 bits per heavy atom. The van der Waals surface area contributed by atoms with Crippen molar-refractivity contribution in [3.8, 4) is 0 Å². The van der Waals surface area contributed by atoms with E-state index >= 15 is 0 Å². The molecule has 2 aliphatic rings. The molecule has 4 rings (SSSR count). The number of nitrogens with zero attached hydrogens (tertiary/aromatic N) is 3. The molecule has 0 radical (unpaired) electrons. The normalized spacial score (nSPS) is 26.1. The van der Waals surface area contributed by atoms with Gasteiger partial charge in [-0.3, -0.25) is 9.69 Å². The van der Waals surface area contributed by atoms with Crippen molar-refractivity contribution >= 4 is 16.9 Å². The molecule has 2 atom stereocenters. The van der Waals surface area contributed by atoms with Gasteiger partial charge in [-0.15, -0.1) is 0 Å². The predicted octanol–water partition coefficient (Wildman–Crippen LogP) is 0.965. The number of amides is 1. The fraction of sp³-hybridized carbons (Fsp3) is 0.500. The summed E-state index contributed by atoms with van der Waals surface area (Å²) in [6, 6.07) is 5.99. The van der Waals surface area contributed by atoms with Crippen molar-refractivity contribution in [1.29, 1.82) is 0 Å². The van der Waals surface area contributed by atoms with Crippen LogP contribution in [0.3, 0.4) is 0 Å². The van der Waals surface area contributed by atoms with Crippen LogP contribution in [0.15, 0.2) is 24.4 Å². The Balaban J connectivity index is 1.61. The van der Waals surface area contributed by atoms with Crippen LogP contribution in [0.5, 0.6) is 0 Å².